The zero-order valence-corrected chi connectivity index (χ0v) is 12.0. The highest BCUT2D eigenvalue weighted by Gasteiger charge is 2.14. The van der Waals surface area contributed by atoms with Gasteiger partial charge in [-0.1, -0.05) is 0 Å². The summed E-state index contributed by atoms with van der Waals surface area (Å²) in [5, 5.41) is 20.6. The summed E-state index contributed by atoms with van der Waals surface area (Å²) in [4.78, 5) is 38.4. The van der Waals surface area contributed by atoms with Crippen LogP contribution in [-0.4, -0.2) is 33.0 Å². The molecule has 1 heterocycles. The highest BCUT2D eigenvalue weighted by molar-refractivity contribution is 6.07. The van der Waals surface area contributed by atoms with E-state index in [1.807, 2.05) is 0 Å². The Bertz CT molecular complexity index is 943. The van der Waals surface area contributed by atoms with Gasteiger partial charge in [-0.15, -0.1) is 0 Å². The fraction of sp³-hybridized carbons (Fsp3) is 0. The van der Waals surface area contributed by atoms with E-state index in [-0.39, 0.29) is 22.4 Å². The number of oxazole rings is 1. The molecule has 0 atom stereocenters. The molecule has 120 valence electrons. The summed E-state index contributed by atoms with van der Waals surface area (Å²) in [6, 6.07) is 7.98. The lowest BCUT2D eigenvalue weighted by atomic mass is 10.1. The van der Waals surface area contributed by atoms with Crippen LogP contribution in [0, 0.1) is 0 Å². The van der Waals surface area contributed by atoms with Crippen LogP contribution in [0.25, 0.3) is 11.1 Å². The van der Waals surface area contributed by atoms with Gasteiger partial charge in [0.1, 0.15) is 5.52 Å². The molecule has 0 saturated heterocycles. The number of aromatic nitrogens is 1. The molecular formula is C16H10N2O6. The second-order valence-corrected chi connectivity index (χ2v) is 4.90. The molecule has 0 aliphatic heterocycles. The molecule has 3 N–H and O–H groups in total. The van der Waals surface area contributed by atoms with E-state index in [0.29, 0.717) is 11.1 Å². The Labute approximate surface area is 134 Å². The molecule has 0 fully saturated rings. The number of carbonyl (C=O) groups is 3. The van der Waals surface area contributed by atoms with Gasteiger partial charge in [0.05, 0.1) is 11.1 Å². The fourth-order valence-electron chi connectivity index (χ4n) is 2.15. The number of nitrogens with zero attached hydrogens (tertiary/aromatic N) is 1. The Hall–Kier alpha value is -3.68. The van der Waals surface area contributed by atoms with E-state index >= 15 is 0 Å². The molecule has 3 aromatic rings. The highest BCUT2D eigenvalue weighted by Crippen LogP contribution is 2.18. The number of aromatic carboxylic acids is 2. The topological polar surface area (TPSA) is 130 Å². The third kappa shape index (κ3) is 2.93. The van der Waals surface area contributed by atoms with E-state index < -0.39 is 17.8 Å². The molecule has 1 amide bonds. The van der Waals surface area contributed by atoms with Crippen molar-refractivity contribution in [2.75, 3.05) is 5.32 Å². The van der Waals surface area contributed by atoms with Gasteiger partial charge in [0.15, 0.2) is 12.0 Å². The van der Waals surface area contributed by atoms with E-state index in [2.05, 4.69) is 10.3 Å². The first-order valence-electron chi connectivity index (χ1n) is 6.70. The normalized spacial score (nSPS) is 10.5. The van der Waals surface area contributed by atoms with Gasteiger partial charge in [-0.25, -0.2) is 14.6 Å². The van der Waals surface area contributed by atoms with E-state index in [1.54, 1.807) is 6.07 Å². The van der Waals surface area contributed by atoms with Crippen molar-refractivity contribution in [3.63, 3.8) is 0 Å². The molecule has 0 spiro atoms. The first kappa shape index (κ1) is 15.2. The van der Waals surface area contributed by atoms with Gasteiger partial charge in [-0.2, -0.15) is 0 Å². The van der Waals surface area contributed by atoms with Crippen molar-refractivity contribution in [3.8, 4) is 0 Å². The molecule has 24 heavy (non-hydrogen) atoms. The second-order valence-electron chi connectivity index (χ2n) is 4.90. The number of rotatable bonds is 4. The van der Waals surface area contributed by atoms with Crippen LogP contribution in [0.4, 0.5) is 5.69 Å². The third-order valence-corrected chi connectivity index (χ3v) is 3.28. The zero-order valence-electron chi connectivity index (χ0n) is 12.0. The second kappa shape index (κ2) is 5.84. The van der Waals surface area contributed by atoms with E-state index in [9.17, 15) is 14.4 Å². The van der Waals surface area contributed by atoms with Crippen molar-refractivity contribution in [2.45, 2.75) is 0 Å². The Morgan fingerprint density at radius 1 is 0.917 bits per heavy atom. The third-order valence-electron chi connectivity index (χ3n) is 3.28. The number of anilines is 1. The van der Waals surface area contributed by atoms with Crippen LogP contribution in [0.3, 0.4) is 0 Å². The quantitative estimate of drug-likeness (QED) is 0.671. The number of amides is 1. The van der Waals surface area contributed by atoms with Crippen molar-refractivity contribution >= 4 is 34.6 Å². The Morgan fingerprint density at radius 3 is 2.21 bits per heavy atom. The van der Waals surface area contributed by atoms with Crippen LogP contribution in [0.5, 0.6) is 0 Å². The van der Waals surface area contributed by atoms with Crippen molar-refractivity contribution in [3.05, 3.63) is 59.5 Å². The summed E-state index contributed by atoms with van der Waals surface area (Å²) < 4.78 is 5.08. The number of fused-ring (bicyclic) bond motifs is 1. The van der Waals surface area contributed by atoms with Gasteiger partial charge in [-0.3, -0.25) is 4.79 Å². The molecular weight excluding hydrogens is 316 g/mol. The van der Waals surface area contributed by atoms with Crippen molar-refractivity contribution in [1.29, 1.82) is 0 Å². The summed E-state index contributed by atoms with van der Waals surface area (Å²) in [5.41, 5.74) is 0.876. The van der Waals surface area contributed by atoms with E-state index in [4.69, 9.17) is 14.6 Å². The predicted molar refractivity (Wildman–Crippen MR) is 82.3 cm³/mol. The largest absolute Gasteiger partial charge is 0.478 e. The predicted octanol–water partition coefficient (Wildman–Crippen LogP) is 2.48. The first-order valence-corrected chi connectivity index (χ1v) is 6.70. The lowest BCUT2D eigenvalue weighted by molar-refractivity contribution is 0.0696. The molecule has 0 aliphatic carbocycles. The number of benzene rings is 2. The van der Waals surface area contributed by atoms with Gasteiger partial charge < -0.3 is 19.9 Å². The van der Waals surface area contributed by atoms with Crippen LogP contribution < -0.4 is 5.32 Å². The summed E-state index contributed by atoms with van der Waals surface area (Å²) in [7, 11) is 0. The van der Waals surface area contributed by atoms with Crippen LogP contribution in [-0.2, 0) is 0 Å². The molecule has 8 heteroatoms. The lowest BCUT2D eigenvalue weighted by Crippen LogP contribution is -2.13. The van der Waals surface area contributed by atoms with Gasteiger partial charge in [0.25, 0.3) is 5.91 Å². The first-order chi connectivity index (χ1) is 11.4. The number of carboxylic acid groups (broad SMARTS) is 2. The summed E-state index contributed by atoms with van der Waals surface area (Å²) in [5.74, 6) is -3.12. The number of carbonyl (C=O) groups excluding carboxylic acids is 1. The van der Waals surface area contributed by atoms with Crippen molar-refractivity contribution in [1.82, 2.24) is 4.98 Å². The molecule has 0 saturated carbocycles. The minimum absolute atomic E-state index is 0.0672. The number of hydrogen-bond donors (Lipinski definition) is 3. The Kier molecular flexibility index (Phi) is 3.70. The lowest BCUT2D eigenvalue weighted by Gasteiger charge is -2.08. The molecule has 0 aliphatic rings. The molecule has 8 nitrogen and oxygen atoms in total. The van der Waals surface area contributed by atoms with E-state index in [0.717, 1.165) is 6.07 Å². The Morgan fingerprint density at radius 2 is 1.58 bits per heavy atom. The maximum absolute atomic E-state index is 12.3. The van der Waals surface area contributed by atoms with Crippen LogP contribution in [0.1, 0.15) is 31.1 Å². The molecule has 0 unspecified atom stereocenters. The minimum Gasteiger partial charge on any atom is -0.478 e. The number of carboxylic acids is 2. The van der Waals surface area contributed by atoms with Crippen LogP contribution >= 0.6 is 0 Å². The smallest absolute Gasteiger partial charge is 0.335 e. The average molecular weight is 326 g/mol. The SMILES string of the molecule is O=C(O)c1cc(NC(=O)c2ccc3ocnc3c2)cc(C(=O)O)c1. The molecule has 0 radical (unpaired) electrons. The highest BCUT2D eigenvalue weighted by atomic mass is 16.4. The average Bonchev–Trinajstić information content (AvgIpc) is 3.01. The summed E-state index contributed by atoms with van der Waals surface area (Å²) in [6.45, 7) is 0. The van der Waals surface area contributed by atoms with Crippen molar-refractivity contribution < 1.29 is 29.0 Å². The molecule has 1 aromatic heterocycles. The number of nitrogens with one attached hydrogen (secondary N) is 1. The molecule has 3 rings (SSSR count). The maximum Gasteiger partial charge on any atom is 0.335 e. The molecule has 2 aromatic carbocycles. The van der Waals surface area contributed by atoms with Gasteiger partial charge in [0.2, 0.25) is 0 Å². The minimum atomic E-state index is -1.29. The molecule has 0 bridgehead atoms. The van der Waals surface area contributed by atoms with E-state index in [1.165, 1.54) is 30.7 Å². The Balaban J connectivity index is 1.92. The zero-order chi connectivity index (χ0) is 17.3. The fourth-order valence-corrected chi connectivity index (χ4v) is 2.15. The van der Waals surface area contributed by atoms with Crippen LogP contribution in [0.2, 0.25) is 0 Å². The summed E-state index contributed by atoms with van der Waals surface area (Å²) >= 11 is 0. The van der Waals surface area contributed by atoms with Gasteiger partial charge in [-0.05, 0) is 36.4 Å². The monoisotopic (exact) mass is 326 g/mol. The standard InChI is InChI=1S/C16H10N2O6/c19-14(8-1-2-13-12(6-8)17-7-24-13)18-11-4-9(15(20)21)3-10(5-11)16(22)23/h1-7H,(H,18,19)(H,20,21)(H,22,23). The van der Waals surface area contributed by atoms with Gasteiger partial charge in [0, 0.05) is 11.3 Å². The van der Waals surface area contributed by atoms with Crippen LogP contribution in [0.15, 0.2) is 47.2 Å². The van der Waals surface area contributed by atoms with Gasteiger partial charge >= 0.3 is 11.9 Å². The summed E-state index contributed by atoms with van der Waals surface area (Å²) in [6.07, 6.45) is 1.25. The number of hydrogen-bond acceptors (Lipinski definition) is 5. The van der Waals surface area contributed by atoms with Crippen molar-refractivity contribution in [2.24, 2.45) is 0 Å². The maximum atomic E-state index is 12.3.